The number of hydrogen-bond donors (Lipinski definition) is 1. The second-order valence-electron chi connectivity index (χ2n) is 5.20. The molecule has 0 saturated heterocycles. The maximum atomic E-state index is 6.25. The van der Waals surface area contributed by atoms with Crippen molar-refractivity contribution >= 4 is 23.0 Å². The molecule has 3 heteroatoms. The van der Waals surface area contributed by atoms with Crippen LogP contribution in [0.5, 0.6) is 0 Å². The van der Waals surface area contributed by atoms with E-state index in [1.807, 2.05) is 18.2 Å². The molecule has 0 aliphatic heterocycles. The van der Waals surface area contributed by atoms with Gasteiger partial charge in [-0.05, 0) is 43.7 Å². The smallest absolute Gasteiger partial charge is 0.0789 e. The summed E-state index contributed by atoms with van der Waals surface area (Å²) in [6, 6.07) is 6.31. The molecule has 0 radical (unpaired) electrons. The van der Waals surface area contributed by atoms with Gasteiger partial charge in [0.05, 0.1) is 16.4 Å². The van der Waals surface area contributed by atoms with Crippen molar-refractivity contribution in [3.05, 3.63) is 23.2 Å². The Morgan fingerprint density at radius 1 is 1.24 bits per heavy atom. The summed E-state index contributed by atoms with van der Waals surface area (Å²) in [5, 5.41) is 0.756. The summed E-state index contributed by atoms with van der Waals surface area (Å²) in [6.07, 6.45) is 5.09. The topological polar surface area (TPSA) is 29.3 Å². The van der Waals surface area contributed by atoms with E-state index in [0.29, 0.717) is 6.04 Å². The number of rotatable bonds is 2. The van der Waals surface area contributed by atoms with Crippen LogP contribution >= 0.6 is 11.6 Å². The average molecular weight is 253 g/mol. The van der Waals surface area contributed by atoms with Crippen LogP contribution in [0.1, 0.15) is 32.6 Å². The number of anilines is 2. The van der Waals surface area contributed by atoms with Crippen molar-refractivity contribution in [1.29, 1.82) is 0 Å². The Kier molecular flexibility index (Phi) is 3.82. The van der Waals surface area contributed by atoms with Crippen LogP contribution in [0.4, 0.5) is 11.4 Å². The quantitative estimate of drug-likeness (QED) is 0.808. The summed E-state index contributed by atoms with van der Waals surface area (Å²) >= 11 is 6.25. The summed E-state index contributed by atoms with van der Waals surface area (Å²) < 4.78 is 0. The van der Waals surface area contributed by atoms with Crippen LogP contribution in [0.2, 0.25) is 5.02 Å². The number of halogens is 1. The zero-order valence-corrected chi connectivity index (χ0v) is 11.4. The van der Waals surface area contributed by atoms with Crippen molar-refractivity contribution in [3.63, 3.8) is 0 Å². The summed E-state index contributed by atoms with van der Waals surface area (Å²) in [5.41, 5.74) is 7.80. The molecule has 0 bridgehead atoms. The second kappa shape index (κ2) is 5.18. The number of nitrogens with zero attached hydrogens (tertiary/aromatic N) is 1. The molecule has 17 heavy (non-hydrogen) atoms. The average Bonchev–Trinajstić information content (AvgIpc) is 2.29. The second-order valence-corrected chi connectivity index (χ2v) is 5.61. The normalized spacial score (nSPS) is 24.6. The largest absolute Gasteiger partial charge is 0.397 e. The van der Waals surface area contributed by atoms with E-state index in [1.165, 1.54) is 25.7 Å². The zero-order valence-electron chi connectivity index (χ0n) is 10.6. The first-order valence-corrected chi connectivity index (χ1v) is 6.74. The minimum Gasteiger partial charge on any atom is -0.397 e. The Labute approximate surface area is 109 Å². The van der Waals surface area contributed by atoms with E-state index in [-0.39, 0.29) is 0 Å². The molecule has 1 aromatic carbocycles. The van der Waals surface area contributed by atoms with E-state index in [9.17, 15) is 0 Å². The maximum Gasteiger partial charge on any atom is 0.0789 e. The first kappa shape index (κ1) is 12.6. The highest BCUT2D eigenvalue weighted by Gasteiger charge is 2.23. The lowest BCUT2D eigenvalue weighted by Crippen LogP contribution is -2.35. The van der Waals surface area contributed by atoms with Gasteiger partial charge in [-0.15, -0.1) is 0 Å². The standard InChI is InChI=1S/C14H21ClN2/c1-10-6-8-11(9-7-10)17(2)14-12(15)4-3-5-13(14)16/h3-5,10-11H,6-9,16H2,1-2H3. The van der Waals surface area contributed by atoms with Gasteiger partial charge in [-0.3, -0.25) is 0 Å². The van der Waals surface area contributed by atoms with Gasteiger partial charge in [0.2, 0.25) is 0 Å². The molecule has 1 saturated carbocycles. The monoisotopic (exact) mass is 252 g/mol. The molecule has 2 N–H and O–H groups in total. The van der Waals surface area contributed by atoms with Crippen LogP contribution in [-0.4, -0.2) is 13.1 Å². The molecule has 0 aromatic heterocycles. The van der Waals surface area contributed by atoms with Crippen molar-refractivity contribution in [1.82, 2.24) is 0 Å². The lowest BCUT2D eigenvalue weighted by molar-refractivity contribution is 0.341. The lowest BCUT2D eigenvalue weighted by Gasteiger charge is -2.36. The van der Waals surface area contributed by atoms with E-state index in [2.05, 4.69) is 18.9 Å². The highest BCUT2D eigenvalue weighted by Crippen LogP contribution is 2.36. The molecule has 1 fully saturated rings. The van der Waals surface area contributed by atoms with Crippen LogP contribution in [-0.2, 0) is 0 Å². The molecule has 94 valence electrons. The van der Waals surface area contributed by atoms with Gasteiger partial charge in [0.15, 0.2) is 0 Å². The van der Waals surface area contributed by atoms with Gasteiger partial charge < -0.3 is 10.6 Å². The molecule has 0 atom stereocenters. The van der Waals surface area contributed by atoms with Gasteiger partial charge in [-0.1, -0.05) is 24.6 Å². The molecule has 1 aromatic rings. The molecule has 0 amide bonds. The van der Waals surface area contributed by atoms with Gasteiger partial charge in [-0.25, -0.2) is 0 Å². The van der Waals surface area contributed by atoms with Crippen LogP contribution in [0.15, 0.2) is 18.2 Å². The van der Waals surface area contributed by atoms with E-state index >= 15 is 0 Å². The molecule has 0 heterocycles. The van der Waals surface area contributed by atoms with Crippen molar-refractivity contribution in [2.75, 3.05) is 17.7 Å². The zero-order chi connectivity index (χ0) is 12.4. The maximum absolute atomic E-state index is 6.25. The predicted molar refractivity (Wildman–Crippen MR) is 75.7 cm³/mol. The van der Waals surface area contributed by atoms with Crippen molar-refractivity contribution in [3.8, 4) is 0 Å². The predicted octanol–water partition coefficient (Wildman–Crippen LogP) is 3.94. The van der Waals surface area contributed by atoms with Crippen LogP contribution in [0.25, 0.3) is 0 Å². The fraction of sp³-hybridized carbons (Fsp3) is 0.571. The summed E-state index contributed by atoms with van der Waals surface area (Å²) in [6.45, 7) is 2.33. The molecule has 1 aliphatic carbocycles. The van der Waals surface area contributed by atoms with E-state index in [1.54, 1.807) is 0 Å². The van der Waals surface area contributed by atoms with Crippen LogP contribution in [0, 0.1) is 5.92 Å². The third kappa shape index (κ3) is 2.68. The Morgan fingerprint density at radius 3 is 2.47 bits per heavy atom. The Bertz CT molecular complexity index is 364. The van der Waals surface area contributed by atoms with Crippen LogP contribution < -0.4 is 10.6 Å². The van der Waals surface area contributed by atoms with E-state index in [4.69, 9.17) is 17.3 Å². The minimum atomic E-state index is 0.577. The van der Waals surface area contributed by atoms with E-state index < -0.39 is 0 Å². The van der Waals surface area contributed by atoms with Crippen molar-refractivity contribution in [2.24, 2.45) is 5.92 Å². The Morgan fingerprint density at radius 2 is 1.88 bits per heavy atom. The molecule has 0 unspecified atom stereocenters. The molecule has 0 spiro atoms. The fourth-order valence-electron chi connectivity index (χ4n) is 2.72. The van der Waals surface area contributed by atoms with Gasteiger partial charge >= 0.3 is 0 Å². The first-order valence-electron chi connectivity index (χ1n) is 6.36. The number of para-hydroxylation sites is 1. The molecule has 2 nitrogen and oxygen atoms in total. The van der Waals surface area contributed by atoms with Gasteiger partial charge in [0, 0.05) is 13.1 Å². The third-order valence-corrected chi connectivity index (χ3v) is 4.21. The summed E-state index contributed by atoms with van der Waals surface area (Å²) in [4.78, 5) is 2.27. The number of benzene rings is 1. The number of nitrogen functional groups attached to an aromatic ring is 1. The summed E-state index contributed by atoms with van der Waals surface area (Å²) in [5.74, 6) is 0.864. The molecule has 1 aliphatic rings. The lowest BCUT2D eigenvalue weighted by atomic mass is 9.86. The van der Waals surface area contributed by atoms with Crippen molar-refractivity contribution < 1.29 is 0 Å². The minimum absolute atomic E-state index is 0.577. The highest BCUT2D eigenvalue weighted by atomic mass is 35.5. The molecular formula is C14H21ClN2. The first-order chi connectivity index (χ1) is 8.09. The third-order valence-electron chi connectivity index (χ3n) is 3.90. The SMILES string of the molecule is CC1CCC(N(C)c2c(N)cccc2Cl)CC1. The Hall–Kier alpha value is -0.890. The highest BCUT2D eigenvalue weighted by molar-refractivity contribution is 6.34. The van der Waals surface area contributed by atoms with Crippen LogP contribution in [0.3, 0.4) is 0 Å². The summed E-state index contributed by atoms with van der Waals surface area (Å²) in [7, 11) is 2.11. The van der Waals surface area contributed by atoms with Crippen molar-refractivity contribution in [2.45, 2.75) is 38.6 Å². The molecule has 2 rings (SSSR count). The Balaban J connectivity index is 2.16. The van der Waals surface area contributed by atoms with Gasteiger partial charge in [0.1, 0.15) is 0 Å². The van der Waals surface area contributed by atoms with Gasteiger partial charge in [0.25, 0.3) is 0 Å². The number of nitrogens with two attached hydrogens (primary N) is 1. The fourth-order valence-corrected chi connectivity index (χ4v) is 3.03. The number of hydrogen-bond acceptors (Lipinski definition) is 2. The van der Waals surface area contributed by atoms with E-state index in [0.717, 1.165) is 22.3 Å². The molecular weight excluding hydrogens is 232 g/mol. The van der Waals surface area contributed by atoms with Gasteiger partial charge in [-0.2, -0.15) is 0 Å².